The molecule has 3 aromatic rings. The molecule has 0 aromatic heterocycles. The van der Waals surface area contributed by atoms with Gasteiger partial charge in [-0.25, -0.2) is 4.79 Å². The fourth-order valence-corrected chi connectivity index (χ4v) is 3.08. The SMILES string of the molecule is COC(=O)c1ccc(C(=O)c2ccc(-c3ccc(Cl)cc3Cl)cc2)cc1. The number of carbonyl (C=O) groups excluding carboxylic acids is 2. The van der Waals surface area contributed by atoms with Gasteiger partial charge in [-0.15, -0.1) is 0 Å². The zero-order valence-electron chi connectivity index (χ0n) is 13.8. The van der Waals surface area contributed by atoms with Crippen LogP contribution in [0, 0.1) is 0 Å². The number of hydrogen-bond donors (Lipinski definition) is 0. The van der Waals surface area contributed by atoms with Gasteiger partial charge in [-0.2, -0.15) is 0 Å². The Morgan fingerprint density at radius 1 is 0.769 bits per heavy atom. The molecule has 0 saturated carbocycles. The van der Waals surface area contributed by atoms with Crippen molar-refractivity contribution in [3.05, 3.63) is 93.5 Å². The van der Waals surface area contributed by atoms with Gasteiger partial charge in [0, 0.05) is 26.7 Å². The Kier molecular flexibility index (Phi) is 5.40. The van der Waals surface area contributed by atoms with Crippen molar-refractivity contribution in [3.8, 4) is 11.1 Å². The smallest absolute Gasteiger partial charge is 0.337 e. The molecule has 0 aliphatic heterocycles. The van der Waals surface area contributed by atoms with Gasteiger partial charge >= 0.3 is 5.97 Å². The van der Waals surface area contributed by atoms with Gasteiger partial charge in [-0.1, -0.05) is 65.7 Å². The van der Waals surface area contributed by atoms with Crippen molar-refractivity contribution in [2.75, 3.05) is 7.11 Å². The van der Waals surface area contributed by atoms with Gasteiger partial charge in [0.25, 0.3) is 0 Å². The van der Waals surface area contributed by atoms with E-state index in [0.717, 1.165) is 11.1 Å². The monoisotopic (exact) mass is 384 g/mol. The largest absolute Gasteiger partial charge is 0.465 e. The van der Waals surface area contributed by atoms with Crippen LogP contribution in [-0.4, -0.2) is 18.9 Å². The highest BCUT2D eigenvalue weighted by Crippen LogP contribution is 2.30. The van der Waals surface area contributed by atoms with E-state index >= 15 is 0 Å². The molecule has 0 spiro atoms. The maximum atomic E-state index is 12.6. The van der Waals surface area contributed by atoms with Crippen LogP contribution in [0.15, 0.2) is 66.7 Å². The van der Waals surface area contributed by atoms with Gasteiger partial charge < -0.3 is 4.74 Å². The van der Waals surface area contributed by atoms with Crippen LogP contribution in [-0.2, 0) is 4.74 Å². The molecule has 5 heteroatoms. The number of ether oxygens (including phenoxy) is 1. The Balaban J connectivity index is 1.84. The third-order valence-corrected chi connectivity index (χ3v) is 4.51. The van der Waals surface area contributed by atoms with Crippen molar-refractivity contribution >= 4 is 35.0 Å². The Morgan fingerprint density at radius 3 is 1.85 bits per heavy atom. The average Bonchev–Trinajstić information content (AvgIpc) is 2.67. The van der Waals surface area contributed by atoms with Crippen molar-refractivity contribution < 1.29 is 14.3 Å². The van der Waals surface area contributed by atoms with Crippen LogP contribution in [0.25, 0.3) is 11.1 Å². The third kappa shape index (κ3) is 3.79. The summed E-state index contributed by atoms with van der Waals surface area (Å²) in [6.07, 6.45) is 0. The third-order valence-electron chi connectivity index (χ3n) is 3.96. The van der Waals surface area contributed by atoms with Gasteiger partial charge in [0.15, 0.2) is 5.78 Å². The molecule has 0 atom stereocenters. The molecule has 130 valence electrons. The molecule has 0 heterocycles. The van der Waals surface area contributed by atoms with Crippen molar-refractivity contribution in [2.45, 2.75) is 0 Å². The summed E-state index contributed by atoms with van der Waals surface area (Å²) >= 11 is 12.1. The van der Waals surface area contributed by atoms with Crippen LogP contribution in [0.5, 0.6) is 0 Å². The zero-order chi connectivity index (χ0) is 18.7. The Hall–Kier alpha value is -2.62. The minimum absolute atomic E-state index is 0.129. The zero-order valence-corrected chi connectivity index (χ0v) is 15.3. The molecule has 0 aliphatic rings. The van der Waals surface area contributed by atoms with E-state index in [0.29, 0.717) is 26.7 Å². The lowest BCUT2D eigenvalue weighted by Crippen LogP contribution is -2.04. The molecule has 0 saturated heterocycles. The van der Waals surface area contributed by atoms with Crippen molar-refractivity contribution in [3.63, 3.8) is 0 Å². The van der Waals surface area contributed by atoms with Crippen LogP contribution in [0.4, 0.5) is 0 Å². The molecule has 0 unspecified atom stereocenters. The number of ketones is 1. The van der Waals surface area contributed by atoms with E-state index < -0.39 is 5.97 Å². The van der Waals surface area contributed by atoms with Gasteiger partial charge in [0.05, 0.1) is 12.7 Å². The Morgan fingerprint density at radius 2 is 1.31 bits per heavy atom. The second kappa shape index (κ2) is 7.73. The van der Waals surface area contributed by atoms with Crippen LogP contribution < -0.4 is 0 Å². The molecule has 0 N–H and O–H groups in total. The number of benzene rings is 3. The highest BCUT2D eigenvalue weighted by atomic mass is 35.5. The minimum Gasteiger partial charge on any atom is -0.465 e. The summed E-state index contributed by atoms with van der Waals surface area (Å²) in [5.74, 6) is -0.566. The van der Waals surface area contributed by atoms with Gasteiger partial charge in [-0.3, -0.25) is 4.79 Å². The van der Waals surface area contributed by atoms with E-state index in [4.69, 9.17) is 23.2 Å². The quantitative estimate of drug-likeness (QED) is 0.429. The van der Waals surface area contributed by atoms with E-state index in [2.05, 4.69) is 4.74 Å². The van der Waals surface area contributed by atoms with E-state index in [1.54, 1.807) is 48.5 Å². The normalized spacial score (nSPS) is 10.4. The first-order chi connectivity index (χ1) is 12.5. The standard InChI is InChI=1S/C21H14Cl2O3/c1-26-21(25)16-8-6-15(7-9-16)20(24)14-4-2-13(3-5-14)18-11-10-17(22)12-19(18)23/h2-12H,1H3. The fourth-order valence-electron chi connectivity index (χ4n) is 2.57. The van der Waals surface area contributed by atoms with E-state index in [1.807, 2.05) is 18.2 Å². The second-order valence-electron chi connectivity index (χ2n) is 5.60. The molecular weight excluding hydrogens is 371 g/mol. The fraction of sp³-hybridized carbons (Fsp3) is 0.0476. The Labute approximate surface area is 161 Å². The summed E-state index contributed by atoms with van der Waals surface area (Å²) in [7, 11) is 1.32. The summed E-state index contributed by atoms with van der Waals surface area (Å²) in [6.45, 7) is 0. The average molecular weight is 385 g/mol. The van der Waals surface area contributed by atoms with Gasteiger partial charge in [-0.05, 0) is 29.8 Å². The first-order valence-electron chi connectivity index (χ1n) is 7.78. The lowest BCUT2D eigenvalue weighted by Gasteiger charge is -2.07. The first-order valence-corrected chi connectivity index (χ1v) is 8.54. The topological polar surface area (TPSA) is 43.4 Å². The van der Waals surface area contributed by atoms with Crippen molar-refractivity contribution in [1.29, 1.82) is 0 Å². The van der Waals surface area contributed by atoms with Gasteiger partial charge in [0.2, 0.25) is 0 Å². The highest BCUT2D eigenvalue weighted by molar-refractivity contribution is 6.36. The molecule has 3 rings (SSSR count). The minimum atomic E-state index is -0.437. The molecule has 0 fully saturated rings. The summed E-state index contributed by atoms with van der Waals surface area (Å²) < 4.78 is 4.65. The molecule has 3 nitrogen and oxygen atoms in total. The molecule has 0 amide bonds. The number of halogens is 2. The van der Waals surface area contributed by atoms with E-state index in [9.17, 15) is 9.59 Å². The second-order valence-corrected chi connectivity index (χ2v) is 6.44. The lowest BCUT2D eigenvalue weighted by atomic mass is 9.99. The summed E-state index contributed by atoms with van der Waals surface area (Å²) in [5.41, 5.74) is 3.18. The number of esters is 1. The first kappa shape index (κ1) is 18.2. The van der Waals surface area contributed by atoms with Crippen molar-refractivity contribution in [2.24, 2.45) is 0 Å². The lowest BCUT2D eigenvalue weighted by molar-refractivity contribution is 0.0600. The maximum Gasteiger partial charge on any atom is 0.337 e. The Bertz CT molecular complexity index is 962. The summed E-state index contributed by atoms with van der Waals surface area (Å²) in [6, 6.07) is 18.8. The summed E-state index contributed by atoms with van der Waals surface area (Å²) in [4.78, 5) is 24.1. The van der Waals surface area contributed by atoms with Crippen LogP contribution in [0.2, 0.25) is 10.0 Å². The van der Waals surface area contributed by atoms with Crippen molar-refractivity contribution in [1.82, 2.24) is 0 Å². The van der Waals surface area contributed by atoms with Crippen LogP contribution in [0.3, 0.4) is 0 Å². The number of methoxy groups -OCH3 is 1. The van der Waals surface area contributed by atoms with Crippen LogP contribution >= 0.6 is 23.2 Å². The van der Waals surface area contributed by atoms with Gasteiger partial charge in [0.1, 0.15) is 0 Å². The molecular formula is C21H14Cl2O3. The maximum absolute atomic E-state index is 12.6. The molecule has 0 radical (unpaired) electrons. The molecule has 0 bridgehead atoms. The number of carbonyl (C=O) groups is 2. The summed E-state index contributed by atoms with van der Waals surface area (Å²) in [5, 5.41) is 1.12. The predicted octanol–water partition coefficient (Wildman–Crippen LogP) is 5.68. The number of rotatable bonds is 4. The molecule has 0 aliphatic carbocycles. The highest BCUT2D eigenvalue weighted by Gasteiger charge is 2.12. The van der Waals surface area contributed by atoms with Crippen LogP contribution in [0.1, 0.15) is 26.3 Å². The van der Waals surface area contributed by atoms with E-state index in [-0.39, 0.29) is 5.78 Å². The molecule has 3 aromatic carbocycles. The number of hydrogen-bond acceptors (Lipinski definition) is 3. The predicted molar refractivity (Wildman–Crippen MR) is 103 cm³/mol. The molecule has 26 heavy (non-hydrogen) atoms. The van der Waals surface area contributed by atoms with E-state index in [1.165, 1.54) is 7.11 Å².